The summed E-state index contributed by atoms with van der Waals surface area (Å²) in [4.78, 5) is 48.4. The number of phosphoric ester groups is 1. The highest BCUT2D eigenvalue weighted by Gasteiger charge is 2.28. The highest BCUT2D eigenvalue weighted by molar-refractivity contribution is 7.47. The number of aliphatic hydroxyl groups is 1. The molecule has 0 heterocycles. The molecule has 0 amide bonds. The summed E-state index contributed by atoms with van der Waals surface area (Å²) in [7, 11) is -4.77. The van der Waals surface area contributed by atoms with Gasteiger partial charge in [0.15, 0.2) is 6.10 Å². The lowest BCUT2D eigenvalue weighted by molar-refractivity contribution is -0.161. The van der Waals surface area contributed by atoms with Gasteiger partial charge in [0.25, 0.3) is 0 Å². The fraction of sp³-hybridized carbons (Fsp3) is 0.603. The number of hydrogen-bond donors (Lipinski definition) is 2. The van der Waals surface area contributed by atoms with Gasteiger partial charge >= 0.3 is 25.7 Å². The minimum Gasteiger partial charge on any atom is -0.462 e. The summed E-state index contributed by atoms with van der Waals surface area (Å²) < 4.78 is 39.3. The molecule has 396 valence electrons. The second kappa shape index (κ2) is 51.2. The first kappa shape index (κ1) is 65.9. The molecule has 0 aliphatic rings. The molecule has 0 aromatic rings. The van der Waals surface area contributed by atoms with Crippen LogP contribution in [-0.2, 0) is 42.2 Å². The smallest absolute Gasteiger partial charge is 0.462 e. The van der Waals surface area contributed by atoms with Crippen molar-refractivity contribution in [2.24, 2.45) is 0 Å². The molecule has 0 aliphatic heterocycles. The van der Waals surface area contributed by atoms with Crippen LogP contribution in [0.5, 0.6) is 0 Å². The maximum absolute atomic E-state index is 12.9. The van der Waals surface area contributed by atoms with Crippen molar-refractivity contribution < 1.29 is 52.2 Å². The van der Waals surface area contributed by atoms with Crippen molar-refractivity contribution in [3.05, 3.63) is 122 Å². The number of allylic oxidation sites excluding steroid dienone is 20. The Bertz CT molecular complexity index is 1630. The van der Waals surface area contributed by atoms with Crippen molar-refractivity contribution >= 4 is 25.7 Å². The Morgan fingerprint density at radius 1 is 0.400 bits per heavy atom. The molecule has 0 aromatic carbocycles. The van der Waals surface area contributed by atoms with E-state index in [9.17, 15) is 28.9 Å². The van der Waals surface area contributed by atoms with Gasteiger partial charge in [0.2, 0.25) is 0 Å². The lowest BCUT2D eigenvalue weighted by Gasteiger charge is -2.21. The molecule has 12 heteroatoms. The summed E-state index contributed by atoms with van der Waals surface area (Å²) >= 11 is 0. The zero-order chi connectivity index (χ0) is 51.3. The van der Waals surface area contributed by atoms with E-state index in [4.69, 9.17) is 23.3 Å². The third-order valence-electron chi connectivity index (χ3n) is 10.4. The Morgan fingerprint density at radius 2 is 0.700 bits per heavy atom. The number of aliphatic hydroxyl groups excluding tert-OH is 1. The quantitative estimate of drug-likeness (QED) is 0.0197. The van der Waals surface area contributed by atoms with E-state index in [0.29, 0.717) is 19.3 Å². The number of carbonyl (C=O) groups is 3. The summed E-state index contributed by atoms with van der Waals surface area (Å²) in [5, 5.41) is 9.79. The Labute approximate surface area is 424 Å². The predicted octanol–water partition coefficient (Wildman–Crippen LogP) is 15.2. The van der Waals surface area contributed by atoms with Crippen molar-refractivity contribution in [3.63, 3.8) is 0 Å². The zero-order valence-electron chi connectivity index (χ0n) is 43.4. The zero-order valence-corrected chi connectivity index (χ0v) is 44.3. The standard InChI is InChI=1S/C58H93O11P/c1-4-7-10-13-16-19-22-25-27-30-33-36-39-42-45-48-57(61)68-54(50-59)52-66-70(63,64)67-53-55(51-65-56(60)47-44-41-38-35-32-29-24-21-18-15-12-9-6-3)69-58(62)49-46-43-40-37-34-31-28-26-23-20-17-14-11-8-5-2/h7-12,16-21,25-29,32,34,37,54-55,59H,4-6,13-15,22-24,30-31,33,35-36,38-53H2,1-3H3,(H,63,64)/b10-7-,11-8-,12-9-,19-16-,20-17-,21-18-,27-25-,28-26-,32-29-,37-34-. The first-order valence-electron chi connectivity index (χ1n) is 26.4. The van der Waals surface area contributed by atoms with E-state index in [1.54, 1.807) is 0 Å². The van der Waals surface area contributed by atoms with Crippen LogP contribution in [0.15, 0.2) is 122 Å². The fourth-order valence-corrected chi connectivity index (χ4v) is 7.22. The van der Waals surface area contributed by atoms with Crippen LogP contribution in [0.3, 0.4) is 0 Å². The Kier molecular flexibility index (Phi) is 48.2. The molecule has 0 rings (SSSR count). The molecule has 0 saturated carbocycles. The van der Waals surface area contributed by atoms with Gasteiger partial charge in [0, 0.05) is 19.3 Å². The average molecular weight is 997 g/mol. The summed E-state index contributed by atoms with van der Waals surface area (Å²) in [5.74, 6) is -1.59. The van der Waals surface area contributed by atoms with Crippen molar-refractivity contribution in [1.29, 1.82) is 0 Å². The van der Waals surface area contributed by atoms with Gasteiger partial charge in [-0.15, -0.1) is 0 Å². The highest BCUT2D eigenvalue weighted by Crippen LogP contribution is 2.43. The van der Waals surface area contributed by atoms with Crippen LogP contribution in [0, 0.1) is 0 Å². The molecule has 0 aromatic heterocycles. The normalized spacial score (nSPS) is 14.4. The molecule has 0 saturated heterocycles. The highest BCUT2D eigenvalue weighted by atomic mass is 31.2. The molecule has 0 fully saturated rings. The molecule has 70 heavy (non-hydrogen) atoms. The summed E-state index contributed by atoms with van der Waals surface area (Å²) in [5.41, 5.74) is 0. The van der Waals surface area contributed by atoms with Crippen LogP contribution in [0.2, 0.25) is 0 Å². The van der Waals surface area contributed by atoms with Gasteiger partial charge in [-0.3, -0.25) is 23.4 Å². The van der Waals surface area contributed by atoms with Crippen LogP contribution in [0.25, 0.3) is 0 Å². The van der Waals surface area contributed by atoms with Crippen LogP contribution in [0.4, 0.5) is 0 Å². The van der Waals surface area contributed by atoms with Gasteiger partial charge in [-0.2, -0.15) is 0 Å². The molecule has 0 bridgehead atoms. The maximum Gasteiger partial charge on any atom is 0.472 e. The van der Waals surface area contributed by atoms with Crippen molar-refractivity contribution in [2.45, 2.75) is 200 Å². The third-order valence-corrected chi connectivity index (χ3v) is 11.3. The van der Waals surface area contributed by atoms with Gasteiger partial charge in [-0.05, 0) is 122 Å². The number of unbranched alkanes of at least 4 members (excludes halogenated alkanes) is 10. The minimum absolute atomic E-state index is 0.101. The van der Waals surface area contributed by atoms with Gasteiger partial charge in [-0.1, -0.05) is 168 Å². The topological polar surface area (TPSA) is 155 Å². The monoisotopic (exact) mass is 997 g/mol. The number of rotatable bonds is 47. The van der Waals surface area contributed by atoms with Crippen molar-refractivity contribution in [3.8, 4) is 0 Å². The van der Waals surface area contributed by atoms with Crippen molar-refractivity contribution in [1.82, 2.24) is 0 Å². The Hall–Kier alpha value is -4.12. The summed E-state index contributed by atoms with van der Waals surface area (Å²) in [6, 6.07) is 0. The third kappa shape index (κ3) is 48.9. The number of hydrogen-bond acceptors (Lipinski definition) is 10. The molecular formula is C58H93O11P. The van der Waals surface area contributed by atoms with Crippen LogP contribution >= 0.6 is 7.82 Å². The van der Waals surface area contributed by atoms with E-state index in [1.165, 1.54) is 0 Å². The molecule has 2 N–H and O–H groups in total. The molecule has 3 unspecified atom stereocenters. The summed E-state index contributed by atoms with van der Waals surface area (Å²) in [6.45, 7) is 4.16. The van der Waals surface area contributed by atoms with E-state index in [0.717, 1.165) is 128 Å². The molecule has 0 spiro atoms. The first-order chi connectivity index (χ1) is 34.2. The van der Waals surface area contributed by atoms with E-state index < -0.39 is 57.8 Å². The molecule has 3 atom stereocenters. The number of ether oxygens (including phenoxy) is 3. The van der Waals surface area contributed by atoms with Crippen LogP contribution in [-0.4, -0.2) is 66.5 Å². The van der Waals surface area contributed by atoms with Gasteiger partial charge in [-0.25, -0.2) is 4.57 Å². The molecular weight excluding hydrogens is 904 g/mol. The summed E-state index contributed by atoms with van der Waals surface area (Å²) in [6.07, 6.45) is 61.7. The Balaban J connectivity index is 4.85. The van der Waals surface area contributed by atoms with Crippen LogP contribution in [0.1, 0.15) is 188 Å². The van der Waals surface area contributed by atoms with E-state index >= 15 is 0 Å². The average Bonchev–Trinajstić information content (AvgIpc) is 3.35. The lowest BCUT2D eigenvalue weighted by Crippen LogP contribution is -2.30. The lowest BCUT2D eigenvalue weighted by atomic mass is 10.1. The van der Waals surface area contributed by atoms with Gasteiger partial charge in [0.05, 0.1) is 19.8 Å². The number of phosphoric acid groups is 1. The Morgan fingerprint density at radius 3 is 1.11 bits per heavy atom. The predicted molar refractivity (Wildman–Crippen MR) is 288 cm³/mol. The van der Waals surface area contributed by atoms with E-state index in [2.05, 4.69) is 142 Å². The van der Waals surface area contributed by atoms with E-state index in [-0.39, 0.29) is 25.9 Å². The first-order valence-corrected chi connectivity index (χ1v) is 27.9. The van der Waals surface area contributed by atoms with Gasteiger partial charge < -0.3 is 24.2 Å². The molecule has 0 radical (unpaired) electrons. The van der Waals surface area contributed by atoms with E-state index in [1.807, 2.05) is 0 Å². The van der Waals surface area contributed by atoms with Crippen molar-refractivity contribution in [2.75, 3.05) is 26.4 Å². The maximum atomic E-state index is 12.9. The minimum atomic E-state index is -4.77. The second-order valence-corrected chi connectivity index (χ2v) is 18.3. The van der Waals surface area contributed by atoms with Gasteiger partial charge in [0.1, 0.15) is 12.7 Å². The molecule has 11 nitrogen and oxygen atoms in total. The number of esters is 3. The largest absolute Gasteiger partial charge is 0.472 e. The fourth-order valence-electron chi connectivity index (χ4n) is 6.43. The van der Waals surface area contributed by atoms with Crippen LogP contribution < -0.4 is 0 Å². The SMILES string of the molecule is CC/C=C\C/C=C\C/C=C\C/C=C\CCCCC(=O)OC(COC(=O)CCCCC/C=C\C/C=C\C/C=C\CC)COP(=O)(O)OCC(CO)OC(=O)CCCCCCC/C=C\C/C=C\C/C=C\CC. The molecule has 0 aliphatic carbocycles. The number of carbonyl (C=O) groups excluding carboxylic acids is 3. The second-order valence-electron chi connectivity index (χ2n) is 16.9.